The van der Waals surface area contributed by atoms with Gasteiger partial charge in [-0.25, -0.2) is 0 Å². The standard InChI is InChI=1S/C14H17NO/c1-10-7-8-12(16-14(2,3)4)13-11(10)6-5-9-15-13/h5-9H,1-4H3. The molecule has 84 valence electrons. The van der Waals surface area contributed by atoms with Crippen LogP contribution in [0.5, 0.6) is 5.75 Å². The highest BCUT2D eigenvalue weighted by Gasteiger charge is 2.14. The number of aromatic nitrogens is 1. The Bertz CT molecular complexity index is 512. The van der Waals surface area contributed by atoms with E-state index in [0.29, 0.717) is 0 Å². The molecule has 16 heavy (non-hydrogen) atoms. The van der Waals surface area contributed by atoms with E-state index in [9.17, 15) is 0 Å². The van der Waals surface area contributed by atoms with Crippen molar-refractivity contribution in [2.45, 2.75) is 33.3 Å². The number of aryl methyl sites for hydroxylation is 1. The summed E-state index contributed by atoms with van der Waals surface area (Å²) in [6.45, 7) is 8.22. The topological polar surface area (TPSA) is 22.1 Å². The minimum Gasteiger partial charge on any atom is -0.486 e. The summed E-state index contributed by atoms with van der Waals surface area (Å²) in [5.74, 6) is 0.855. The van der Waals surface area contributed by atoms with Crippen molar-refractivity contribution in [3.05, 3.63) is 36.0 Å². The average molecular weight is 215 g/mol. The van der Waals surface area contributed by atoms with E-state index in [4.69, 9.17) is 4.74 Å². The van der Waals surface area contributed by atoms with Crippen LogP contribution in [0.3, 0.4) is 0 Å². The maximum atomic E-state index is 5.91. The highest BCUT2D eigenvalue weighted by molar-refractivity contribution is 5.87. The molecule has 0 unspecified atom stereocenters. The van der Waals surface area contributed by atoms with Crippen molar-refractivity contribution >= 4 is 10.9 Å². The van der Waals surface area contributed by atoms with Gasteiger partial charge in [0.15, 0.2) is 0 Å². The van der Waals surface area contributed by atoms with E-state index in [1.54, 1.807) is 6.20 Å². The van der Waals surface area contributed by atoms with Gasteiger partial charge in [-0.2, -0.15) is 0 Å². The van der Waals surface area contributed by atoms with Crippen LogP contribution in [-0.4, -0.2) is 10.6 Å². The number of pyridine rings is 1. The summed E-state index contributed by atoms with van der Waals surface area (Å²) in [5, 5.41) is 1.16. The Kier molecular flexibility index (Phi) is 2.58. The number of nitrogens with zero attached hydrogens (tertiary/aromatic N) is 1. The molecule has 2 heteroatoms. The Morgan fingerprint density at radius 1 is 1.12 bits per heavy atom. The summed E-state index contributed by atoms with van der Waals surface area (Å²) in [7, 11) is 0. The Hall–Kier alpha value is -1.57. The van der Waals surface area contributed by atoms with Gasteiger partial charge in [-0.05, 0) is 45.4 Å². The molecule has 0 amide bonds. The second-order valence-electron chi connectivity index (χ2n) is 4.99. The fourth-order valence-electron chi connectivity index (χ4n) is 1.70. The van der Waals surface area contributed by atoms with Crippen molar-refractivity contribution in [1.29, 1.82) is 0 Å². The molecule has 0 N–H and O–H groups in total. The maximum absolute atomic E-state index is 5.91. The van der Waals surface area contributed by atoms with Crippen molar-refractivity contribution < 1.29 is 4.74 Å². The van der Waals surface area contributed by atoms with E-state index < -0.39 is 0 Å². The van der Waals surface area contributed by atoms with E-state index in [1.165, 1.54) is 5.56 Å². The van der Waals surface area contributed by atoms with Gasteiger partial charge in [-0.1, -0.05) is 12.1 Å². The molecule has 0 aliphatic heterocycles. The Labute approximate surface area is 96.3 Å². The normalized spacial score (nSPS) is 11.8. The van der Waals surface area contributed by atoms with Gasteiger partial charge < -0.3 is 4.74 Å². The number of rotatable bonds is 1. The molecule has 2 aromatic rings. The molecule has 0 aliphatic rings. The second kappa shape index (κ2) is 3.78. The van der Waals surface area contributed by atoms with Crippen LogP contribution in [-0.2, 0) is 0 Å². The number of hydrogen-bond donors (Lipinski definition) is 0. The van der Waals surface area contributed by atoms with Crippen LogP contribution in [0.4, 0.5) is 0 Å². The molecular weight excluding hydrogens is 198 g/mol. The van der Waals surface area contributed by atoms with Gasteiger partial charge in [-0.15, -0.1) is 0 Å². The largest absolute Gasteiger partial charge is 0.486 e. The lowest BCUT2D eigenvalue weighted by Gasteiger charge is -2.22. The van der Waals surface area contributed by atoms with Crippen molar-refractivity contribution in [2.75, 3.05) is 0 Å². The Morgan fingerprint density at radius 2 is 1.88 bits per heavy atom. The van der Waals surface area contributed by atoms with Crippen LogP contribution in [0.15, 0.2) is 30.5 Å². The fourth-order valence-corrected chi connectivity index (χ4v) is 1.70. The summed E-state index contributed by atoms with van der Waals surface area (Å²) in [5.41, 5.74) is 1.97. The summed E-state index contributed by atoms with van der Waals surface area (Å²) in [6.07, 6.45) is 1.80. The van der Waals surface area contributed by atoms with Gasteiger partial charge in [0.25, 0.3) is 0 Å². The van der Waals surface area contributed by atoms with Gasteiger partial charge in [0.1, 0.15) is 16.9 Å². The molecule has 2 nitrogen and oxygen atoms in total. The molecule has 0 aliphatic carbocycles. The molecule has 1 aromatic heterocycles. The van der Waals surface area contributed by atoms with Gasteiger partial charge in [0.05, 0.1) is 0 Å². The van der Waals surface area contributed by atoms with Crippen molar-refractivity contribution in [3.63, 3.8) is 0 Å². The van der Waals surface area contributed by atoms with Crippen molar-refractivity contribution in [2.24, 2.45) is 0 Å². The average Bonchev–Trinajstić information content (AvgIpc) is 2.21. The fraction of sp³-hybridized carbons (Fsp3) is 0.357. The zero-order chi connectivity index (χ0) is 11.8. The first-order valence-corrected chi connectivity index (χ1v) is 5.51. The molecule has 1 heterocycles. The van der Waals surface area contributed by atoms with Gasteiger partial charge in [0, 0.05) is 11.6 Å². The lowest BCUT2D eigenvalue weighted by Crippen LogP contribution is -2.23. The van der Waals surface area contributed by atoms with Crippen LogP contribution < -0.4 is 4.74 Å². The monoisotopic (exact) mass is 215 g/mol. The summed E-state index contributed by atoms with van der Waals surface area (Å²) < 4.78 is 5.91. The van der Waals surface area contributed by atoms with Gasteiger partial charge >= 0.3 is 0 Å². The van der Waals surface area contributed by atoms with E-state index >= 15 is 0 Å². The summed E-state index contributed by atoms with van der Waals surface area (Å²) >= 11 is 0. The Balaban J connectivity index is 2.59. The molecular formula is C14H17NO. The maximum Gasteiger partial charge on any atom is 0.146 e. The minimum absolute atomic E-state index is 0.195. The molecule has 2 rings (SSSR count). The third kappa shape index (κ3) is 2.16. The van der Waals surface area contributed by atoms with Crippen molar-refractivity contribution in [1.82, 2.24) is 4.98 Å². The zero-order valence-electron chi connectivity index (χ0n) is 10.2. The number of fused-ring (bicyclic) bond motifs is 1. The zero-order valence-corrected chi connectivity index (χ0v) is 10.2. The van der Waals surface area contributed by atoms with E-state index in [-0.39, 0.29) is 5.60 Å². The van der Waals surface area contributed by atoms with Gasteiger partial charge in [-0.3, -0.25) is 4.98 Å². The quantitative estimate of drug-likeness (QED) is 0.723. The summed E-state index contributed by atoms with van der Waals surface area (Å²) in [4.78, 5) is 4.40. The predicted molar refractivity (Wildman–Crippen MR) is 66.9 cm³/mol. The van der Waals surface area contributed by atoms with E-state index in [2.05, 4.69) is 24.0 Å². The number of ether oxygens (including phenoxy) is 1. The van der Waals surface area contributed by atoms with Crippen LogP contribution in [0, 0.1) is 6.92 Å². The molecule has 0 radical (unpaired) electrons. The number of benzene rings is 1. The van der Waals surface area contributed by atoms with Gasteiger partial charge in [0.2, 0.25) is 0 Å². The van der Waals surface area contributed by atoms with E-state index in [0.717, 1.165) is 16.7 Å². The predicted octanol–water partition coefficient (Wildman–Crippen LogP) is 3.72. The first-order valence-electron chi connectivity index (χ1n) is 5.51. The lowest BCUT2D eigenvalue weighted by molar-refractivity contribution is 0.133. The van der Waals surface area contributed by atoms with Crippen LogP contribution in [0.25, 0.3) is 10.9 Å². The molecule has 0 bridgehead atoms. The molecule has 0 saturated carbocycles. The molecule has 0 fully saturated rings. The highest BCUT2D eigenvalue weighted by atomic mass is 16.5. The van der Waals surface area contributed by atoms with Crippen LogP contribution in [0.2, 0.25) is 0 Å². The highest BCUT2D eigenvalue weighted by Crippen LogP contribution is 2.28. The lowest BCUT2D eigenvalue weighted by atomic mass is 10.1. The van der Waals surface area contributed by atoms with Crippen molar-refractivity contribution in [3.8, 4) is 5.75 Å². The third-order valence-electron chi connectivity index (χ3n) is 2.37. The molecule has 1 aromatic carbocycles. The molecule has 0 spiro atoms. The summed E-state index contributed by atoms with van der Waals surface area (Å²) in [6, 6.07) is 8.10. The second-order valence-corrected chi connectivity index (χ2v) is 4.99. The third-order valence-corrected chi connectivity index (χ3v) is 2.37. The molecule has 0 atom stereocenters. The minimum atomic E-state index is -0.195. The first kappa shape index (κ1) is 10.9. The molecule has 0 saturated heterocycles. The Morgan fingerprint density at radius 3 is 2.56 bits per heavy atom. The van der Waals surface area contributed by atoms with Crippen LogP contribution in [0.1, 0.15) is 26.3 Å². The SMILES string of the molecule is Cc1ccc(OC(C)(C)C)c2ncccc12. The number of hydrogen-bond acceptors (Lipinski definition) is 2. The smallest absolute Gasteiger partial charge is 0.146 e. The van der Waals surface area contributed by atoms with Crippen LogP contribution >= 0.6 is 0 Å². The van der Waals surface area contributed by atoms with E-state index in [1.807, 2.05) is 32.9 Å². The first-order chi connectivity index (χ1) is 7.47.